The molecular formula is C12H28N2. The predicted octanol–water partition coefficient (Wildman–Crippen LogP) is 2.50. The Kier molecular flexibility index (Phi) is 9.42. The van der Waals surface area contributed by atoms with Crippen molar-refractivity contribution in [2.24, 2.45) is 0 Å². The Balaban J connectivity index is 3.38. The number of hydrogen-bond donors (Lipinski definition) is 1. The summed E-state index contributed by atoms with van der Waals surface area (Å²) in [5, 5.41) is 3.41. The van der Waals surface area contributed by atoms with E-state index < -0.39 is 0 Å². The zero-order valence-electron chi connectivity index (χ0n) is 10.5. The molecule has 1 unspecified atom stereocenters. The average Bonchev–Trinajstić information content (AvgIpc) is 2.16. The van der Waals surface area contributed by atoms with Crippen LogP contribution in [0.25, 0.3) is 0 Å². The Morgan fingerprint density at radius 2 is 1.79 bits per heavy atom. The summed E-state index contributed by atoms with van der Waals surface area (Å²) in [7, 11) is 6.37. The molecule has 86 valence electrons. The summed E-state index contributed by atoms with van der Waals surface area (Å²) < 4.78 is 0. The quantitative estimate of drug-likeness (QED) is 0.575. The molecule has 2 heteroatoms. The number of rotatable bonds is 9. The van der Waals surface area contributed by atoms with Gasteiger partial charge >= 0.3 is 0 Å². The molecule has 0 aliphatic heterocycles. The molecule has 0 aromatic carbocycles. The van der Waals surface area contributed by atoms with E-state index >= 15 is 0 Å². The van der Waals surface area contributed by atoms with Crippen LogP contribution >= 0.6 is 0 Å². The van der Waals surface area contributed by atoms with E-state index in [0.29, 0.717) is 6.04 Å². The maximum atomic E-state index is 3.41. The van der Waals surface area contributed by atoms with Gasteiger partial charge in [-0.15, -0.1) is 0 Å². The third kappa shape index (κ3) is 8.52. The molecule has 2 nitrogen and oxygen atoms in total. The first-order valence-electron chi connectivity index (χ1n) is 6.02. The van der Waals surface area contributed by atoms with E-state index in [-0.39, 0.29) is 0 Å². The first kappa shape index (κ1) is 13.9. The van der Waals surface area contributed by atoms with Crippen LogP contribution < -0.4 is 5.32 Å². The topological polar surface area (TPSA) is 15.3 Å². The van der Waals surface area contributed by atoms with Crippen molar-refractivity contribution in [1.29, 1.82) is 0 Å². The van der Waals surface area contributed by atoms with Gasteiger partial charge in [0.2, 0.25) is 0 Å². The lowest BCUT2D eigenvalue weighted by Crippen LogP contribution is -2.29. The van der Waals surface area contributed by atoms with Crippen LogP contribution in [0.5, 0.6) is 0 Å². The standard InChI is InChI=1S/C12H28N2/c1-5-6-7-8-9-12(13-2)10-11-14(3)4/h12-13H,5-11H2,1-4H3. The van der Waals surface area contributed by atoms with Gasteiger partial charge in [-0.1, -0.05) is 32.6 Å². The summed E-state index contributed by atoms with van der Waals surface area (Å²) in [5.74, 6) is 0. The lowest BCUT2D eigenvalue weighted by molar-refractivity contribution is 0.352. The number of hydrogen-bond acceptors (Lipinski definition) is 2. The normalized spacial score (nSPS) is 13.5. The average molecular weight is 200 g/mol. The van der Waals surface area contributed by atoms with Crippen LogP contribution in [0.2, 0.25) is 0 Å². The Hall–Kier alpha value is -0.0800. The van der Waals surface area contributed by atoms with Gasteiger partial charge in [-0.2, -0.15) is 0 Å². The molecule has 0 aliphatic rings. The second kappa shape index (κ2) is 9.47. The third-order valence-electron chi connectivity index (χ3n) is 2.74. The minimum atomic E-state index is 0.717. The molecule has 0 aromatic heterocycles. The first-order chi connectivity index (χ1) is 6.70. The van der Waals surface area contributed by atoms with Gasteiger partial charge in [-0.25, -0.2) is 0 Å². The van der Waals surface area contributed by atoms with Crippen molar-refractivity contribution >= 4 is 0 Å². The number of nitrogens with one attached hydrogen (secondary N) is 1. The Bertz CT molecular complexity index is 113. The van der Waals surface area contributed by atoms with Crippen LogP contribution in [-0.4, -0.2) is 38.6 Å². The molecule has 0 aromatic rings. The molecule has 0 bridgehead atoms. The number of nitrogens with zero attached hydrogens (tertiary/aromatic N) is 1. The minimum absolute atomic E-state index is 0.717. The Morgan fingerprint density at radius 3 is 2.29 bits per heavy atom. The minimum Gasteiger partial charge on any atom is -0.317 e. The first-order valence-corrected chi connectivity index (χ1v) is 6.02. The van der Waals surface area contributed by atoms with Crippen molar-refractivity contribution in [1.82, 2.24) is 10.2 Å². The van der Waals surface area contributed by atoms with E-state index in [0.717, 1.165) is 0 Å². The van der Waals surface area contributed by atoms with E-state index in [2.05, 4.69) is 38.3 Å². The second-order valence-corrected chi connectivity index (χ2v) is 4.43. The van der Waals surface area contributed by atoms with E-state index in [4.69, 9.17) is 0 Å². The van der Waals surface area contributed by atoms with Gasteiger partial charge in [0, 0.05) is 6.04 Å². The van der Waals surface area contributed by atoms with Gasteiger partial charge in [0.25, 0.3) is 0 Å². The van der Waals surface area contributed by atoms with E-state index in [1.165, 1.54) is 45.1 Å². The summed E-state index contributed by atoms with van der Waals surface area (Å²) in [6.07, 6.45) is 8.12. The highest BCUT2D eigenvalue weighted by Crippen LogP contribution is 2.07. The Morgan fingerprint density at radius 1 is 1.07 bits per heavy atom. The molecular weight excluding hydrogens is 172 g/mol. The fourth-order valence-electron chi connectivity index (χ4n) is 1.66. The highest BCUT2D eigenvalue weighted by molar-refractivity contribution is 4.65. The van der Waals surface area contributed by atoms with Crippen LogP contribution in [0.1, 0.15) is 45.4 Å². The van der Waals surface area contributed by atoms with Gasteiger partial charge in [-0.3, -0.25) is 0 Å². The Labute approximate surface area is 90.1 Å². The lowest BCUT2D eigenvalue weighted by Gasteiger charge is -2.18. The van der Waals surface area contributed by atoms with Crippen molar-refractivity contribution < 1.29 is 0 Å². The molecule has 0 saturated carbocycles. The van der Waals surface area contributed by atoms with Crippen LogP contribution in [0.4, 0.5) is 0 Å². The zero-order valence-corrected chi connectivity index (χ0v) is 10.5. The molecule has 0 spiro atoms. The molecule has 0 rings (SSSR count). The fourth-order valence-corrected chi connectivity index (χ4v) is 1.66. The SMILES string of the molecule is CCCCCCC(CCN(C)C)NC. The van der Waals surface area contributed by atoms with E-state index in [1.54, 1.807) is 0 Å². The summed E-state index contributed by atoms with van der Waals surface area (Å²) >= 11 is 0. The smallest absolute Gasteiger partial charge is 0.00762 e. The molecule has 0 aliphatic carbocycles. The monoisotopic (exact) mass is 200 g/mol. The molecule has 0 fully saturated rings. The lowest BCUT2D eigenvalue weighted by atomic mass is 10.0. The van der Waals surface area contributed by atoms with Crippen LogP contribution in [0, 0.1) is 0 Å². The third-order valence-corrected chi connectivity index (χ3v) is 2.74. The van der Waals surface area contributed by atoms with Crippen LogP contribution in [-0.2, 0) is 0 Å². The molecule has 14 heavy (non-hydrogen) atoms. The van der Waals surface area contributed by atoms with Crippen molar-refractivity contribution in [3.8, 4) is 0 Å². The van der Waals surface area contributed by atoms with Gasteiger partial charge < -0.3 is 10.2 Å². The molecule has 0 amide bonds. The molecule has 0 radical (unpaired) electrons. The molecule has 1 N–H and O–H groups in total. The molecule has 1 atom stereocenters. The van der Waals surface area contributed by atoms with Gasteiger partial charge in [0.05, 0.1) is 0 Å². The molecule has 0 heterocycles. The summed E-state index contributed by atoms with van der Waals surface area (Å²) in [5.41, 5.74) is 0. The summed E-state index contributed by atoms with van der Waals surface area (Å²) in [4.78, 5) is 2.26. The van der Waals surface area contributed by atoms with Gasteiger partial charge in [-0.05, 0) is 40.5 Å². The van der Waals surface area contributed by atoms with Crippen LogP contribution in [0.15, 0.2) is 0 Å². The molecule has 0 saturated heterocycles. The number of unbranched alkanes of at least 4 members (excludes halogenated alkanes) is 3. The summed E-state index contributed by atoms with van der Waals surface area (Å²) in [6.45, 7) is 3.46. The highest BCUT2D eigenvalue weighted by atomic mass is 15.1. The fraction of sp³-hybridized carbons (Fsp3) is 1.00. The van der Waals surface area contributed by atoms with Gasteiger partial charge in [0.1, 0.15) is 0 Å². The predicted molar refractivity (Wildman–Crippen MR) is 64.8 cm³/mol. The zero-order chi connectivity index (χ0) is 10.8. The highest BCUT2D eigenvalue weighted by Gasteiger charge is 2.05. The van der Waals surface area contributed by atoms with Crippen molar-refractivity contribution in [2.75, 3.05) is 27.7 Å². The van der Waals surface area contributed by atoms with E-state index in [1.807, 2.05) is 0 Å². The van der Waals surface area contributed by atoms with Crippen molar-refractivity contribution in [3.63, 3.8) is 0 Å². The second-order valence-electron chi connectivity index (χ2n) is 4.43. The van der Waals surface area contributed by atoms with Crippen LogP contribution in [0.3, 0.4) is 0 Å². The van der Waals surface area contributed by atoms with Gasteiger partial charge in [0.15, 0.2) is 0 Å². The maximum Gasteiger partial charge on any atom is 0.00762 e. The van der Waals surface area contributed by atoms with E-state index in [9.17, 15) is 0 Å². The summed E-state index contributed by atoms with van der Waals surface area (Å²) in [6, 6.07) is 0.717. The van der Waals surface area contributed by atoms with Crippen molar-refractivity contribution in [3.05, 3.63) is 0 Å². The largest absolute Gasteiger partial charge is 0.317 e. The van der Waals surface area contributed by atoms with Crippen molar-refractivity contribution in [2.45, 2.75) is 51.5 Å². The maximum absolute atomic E-state index is 3.41.